The van der Waals surface area contributed by atoms with Crippen molar-refractivity contribution >= 4 is 11.0 Å². The van der Waals surface area contributed by atoms with E-state index >= 15 is 0 Å². The predicted molar refractivity (Wildman–Crippen MR) is 70.0 cm³/mol. The van der Waals surface area contributed by atoms with E-state index in [0.29, 0.717) is 0 Å². The second-order valence-electron chi connectivity index (χ2n) is 4.83. The largest absolute Gasteiger partial charge is 1.00 e. The van der Waals surface area contributed by atoms with Crippen molar-refractivity contribution in [1.29, 1.82) is 0 Å². The predicted octanol–water partition coefficient (Wildman–Crippen LogP) is -0.474. The van der Waals surface area contributed by atoms with Crippen molar-refractivity contribution in [2.75, 3.05) is 19.6 Å². The molecular weight excluding hydrogens is 290 g/mol. The molecule has 0 N–H and O–H groups in total. The summed E-state index contributed by atoms with van der Waals surface area (Å²) in [5.41, 5.74) is 2.36. The fourth-order valence-corrected chi connectivity index (χ4v) is 2.62. The number of benzene rings is 1. The highest BCUT2D eigenvalue weighted by molar-refractivity contribution is 5.74. The number of likely N-dealkylation sites (tertiary alicyclic amines) is 1. The number of nitrogens with zero attached hydrogens (tertiary/aromatic N) is 3. The van der Waals surface area contributed by atoms with E-state index in [0.717, 1.165) is 18.6 Å². The van der Waals surface area contributed by atoms with Crippen LogP contribution in [0.5, 0.6) is 0 Å². The van der Waals surface area contributed by atoms with Gasteiger partial charge in [0.1, 0.15) is 0 Å². The highest BCUT2D eigenvalue weighted by Crippen LogP contribution is 2.13. The van der Waals surface area contributed by atoms with Crippen LogP contribution in [-0.2, 0) is 6.54 Å². The van der Waals surface area contributed by atoms with Gasteiger partial charge in [-0.2, -0.15) is 0 Å². The van der Waals surface area contributed by atoms with Gasteiger partial charge >= 0.3 is 0 Å². The molecule has 0 aliphatic carbocycles. The van der Waals surface area contributed by atoms with Crippen LogP contribution in [0.2, 0.25) is 0 Å². The molecule has 1 fully saturated rings. The third-order valence-electron chi connectivity index (χ3n) is 3.63. The second-order valence-corrected chi connectivity index (χ2v) is 4.83. The zero-order valence-corrected chi connectivity index (χ0v) is 12.1. The first kappa shape index (κ1) is 13.6. The molecule has 2 aromatic rings. The topological polar surface area (TPSA) is 21.1 Å². The van der Waals surface area contributed by atoms with Gasteiger partial charge in [0, 0.05) is 13.1 Å². The molecule has 4 heteroatoms. The second kappa shape index (κ2) is 6.34. The number of rotatable bonds is 3. The molecule has 1 aliphatic heterocycles. The molecular formula is C14H19BrN3-. The fourth-order valence-electron chi connectivity index (χ4n) is 2.62. The maximum absolute atomic E-state index is 4.43. The quantitative estimate of drug-likeness (QED) is 0.764. The van der Waals surface area contributed by atoms with Gasteiger partial charge in [0.25, 0.3) is 0 Å². The van der Waals surface area contributed by atoms with E-state index in [2.05, 4.69) is 32.7 Å². The molecule has 1 aromatic carbocycles. The average Bonchev–Trinajstić information content (AvgIpc) is 2.81. The van der Waals surface area contributed by atoms with Crippen LogP contribution in [0.3, 0.4) is 0 Å². The molecule has 0 amide bonds. The van der Waals surface area contributed by atoms with Gasteiger partial charge in [-0.05, 0) is 38.1 Å². The molecule has 0 radical (unpaired) electrons. The smallest absolute Gasteiger partial charge is 0.0958 e. The van der Waals surface area contributed by atoms with E-state index < -0.39 is 0 Å². The minimum atomic E-state index is 0. The van der Waals surface area contributed by atoms with Gasteiger partial charge in [0.2, 0.25) is 0 Å². The summed E-state index contributed by atoms with van der Waals surface area (Å²) in [6, 6.07) is 8.36. The first-order valence-corrected chi connectivity index (χ1v) is 6.56. The van der Waals surface area contributed by atoms with Gasteiger partial charge in [-0.25, -0.2) is 4.98 Å². The van der Waals surface area contributed by atoms with Crippen LogP contribution in [0, 0.1) is 0 Å². The Bertz CT molecular complexity index is 488. The lowest BCUT2D eigenvalue weighted by Crippen LogP contribution is -3.00. The maximum Gasteiger partial charge on any atom is 0.0958 e. The van der Waals surface area contributed by atoms with Gasteiger partial charge in [-0.3, -0.25) is 0 Å². The van der Waals surface area contributed by atoms with Crippen molar-refractivity contribution in [2.45, 2.75) is 25.8 Å². The summed E-state index contributed by atoms with van der Waals surface area (Å²) >= 11 is 0. The standard InChI is InChI=1S/C14H19N3.BrH/c1-4-8-16(9-5-1)10-11-17-12-15-13-6-2-3-7-14(13)17;/h2-3,6-7,12H,1,4-5,8-11H2;1H/p-1. The Balaban J connectivity index is 0.00000120. The van der Waals surface area contributed by atoms with Crippen molar-refractivity contribution in [3.8, 4) is 0 Å². The Kier molecular flexibility index (Phi) is 4.78. The molecule has 0 spiro atoms. The molecule has 1 saturated heterocycles. The molecule has 3 rings (SSSR count). The van der Waals surface area contributed by atoms with Crippen LogP contribution < -0.4 is 17.0 Å². The summed E-state index contributed by atoms with van der Waals surface area (Å²) in [7, 11) is 0. The SMILES string of the molecule is [Br-].c1ccc2c(c1)ncn2CCN1CCCCC1. The Morgan fingerprint density at radius 3 is 2.61 bits per heavy atom. The molecule has 0 atom stereocenters. The van der Waals surface area contributed by atoms with Crippen LogP contribution in [0.25, 0.3) is 11.0 Å². The van der Waals surface area contributed by atoms with Crippen LogP contribution >= 0.6 is 0 Å². The van der Waals surface area contributed by atoms with Gasteiger partial charge in [0.05, 0.1) is 17.4 Å². The highest BCUT2D eigenvalue weighted by Gasteiger charge is 2.10. The van der Waals surface area contributed by atoms with E-state index in [-0.39, 0.29) is 17.0 Å². The average molecular weight is 309 g/mol. The van der Waals surface area contributed by atoms with E-state index in [9.17, 15) is 0 Å². The zero-order valence-electron chi connectivity index (χ0n) is 10.6. The summed E-state index contributed by atoms with van der Waals surface area (Å²) in [5.74, 6) is 0. The summed E-state index contributed by atoms with van der Waals surface area (Å²) < 4.78 is 2.27. The molecule has 3 nitrogen and oxygen atoms in total. The van der Waals surface area contributed by atoms with Crippen LogP contribution in [0.4, 0.5) is 0 Å². The lowest BCUT2D eigenvalue weighted by atomic mass is 10.1. The maximum atomic E-state index is 4.43. The Hall–Kier alpha value is -0.870. The van der Waals surface area contributed by atoms with Gasteiger partial charge in [0.15, 0.2) is 0 Å². The summed E-state index contributed by atoms with van der Waals surface area (Å²) in [6.45, 7) is 4.75. The number of piperidine rings is 1. The van der Waals surface area contributed by atoms with Crippen molar-refractivity contribution < 1.29 is 17.0 Å². The van der Waals surface area contributed by atoms with Crippen LogP contribution in [-0.4, -0.2) is 34.1 Å². The molecule has 0 unspecified atom stereocenters. The van der Waals surface area contributed by atoms with E-state index in [1.54, 1.807) is 0 Å². The number of imidazole rings is 1. The van der Waals surface area contributed by atoms with Gasteiger partial charge < -0.3 is 26.4 Å². The lowest BCUT2D eigenvalue weighted by Gasteiger charge is -2.26. The highest BCUT2D eigenvalue weighted by atomic mass is 79.9. The third-order valence-corrected chi connectivity index (χ3v) is 3.63. The number of para-hydroxylation sites is 2. The number of halogens is 1. The number of hydrogen-bond donors (Lipinski definition) is 0. The molecule has 0 bridgehead atoms. The molecule has 98 valence electrons. The Morgan fingerprint density at radius 2 is 1.78 bits per heavy atom. The van der Waals surface area contributed by atoms with Crippen molar-refractivity contribution in [3.63, 3.8) is 0 Å². The Morgan fingerprint density at radius 1 is 1.00 bits per heavy atom. The first-order valence-electron chi connectivity index (χ1n) is 6.56. The summed E-state index contributed by atoms with van der Waals surface area (Å²) in [4.78, 5) is 6.99. The van der Waals surface area contributed by atoms with Crippen molar-refractivity contribution in [1.82, 2.24) is 14.5 Å². The first-order chi connectivity index (χ1) is 8.43. The number of hydrogen-bond acceptors (Lipinski definition) is 2. The molecule has 18 heavy (non-hydrogen) atoms. The minimum absolute atomic E-state index is 0. The molecule has 2 heterocycles. The van der Waals surface area contributed by atoms with Crippen molar-refractivity contribution in [3.05, 3.63) is 30.6 Å². The molecule has 0 saturated carbocycles. The van der Waals surface area contributed by atoms with Crippen LogP contribution in [0.15, 0.2) is 30.6 Å². The molecule has 1 aliphatic rings. The van der Waals surface area contributed by atoms with Gasteiger partial charge in [-0.15, -0.1) is 0 Å². The van der Waals surface area contributed by atoms with E-state index in [4.69, 9.17) is 0 Å². The third kappa shape index (κ3) is 2.93. The normalized spacial score (nSPS) is 16.7. The number of fused-ring (bicyclic) bond motifs is 1. The lowest BCUT2D eigenvalue weighted by molar-refractivity contribution is -0.00000353. The fraction of sp³-hybridized carbons (Fsp3) is 0.500. The minimum Gasteiger partial charge on any atom is -1.00 e. The zero-order chi connectivity index (χ0) is 11.5. The van der Waals surface area contributed by atoms with E-state index in [1.807, 2.05) is 12.4 Å². The molecule has 1 aromatic heterocycles. The number of aromatic nitrogens is 2. The monoisotopic (exact) mass is 308 g/mol. The Labute approximate surface area is 119 Å². The summed E-state index contributed by atoms with van der Waals surface area (Å²) in [6.07, 6.45) is 6.11. The van der Waals surface area contributed by atoms with Crippen molar-refractivity contribution in [2.24, 2.45) is 0 Å². The van der Waals surface area contributed by atoms with Gasteiger partial charge in [-0.1, -0.05) is 18.6 Å². The van der Waals surface area contributed by atoms with Crippen LogP contribution in [0.1, 0.15) is 19.3 Å². The summed E-state index contributed by atoms with van der Waals surface area (Å²) in [5, 5.41) is 0. The van der Waals surface area contributed by atoms with E-state index in [1.165, 1.54) is 37.9 Å².